The van der Waals surface area contributed by atoms with Crippen LogP contribution in [0.15, 0.2) is 30.3 Å². The molecule has 12 heteroatoms. The lowest BCUT2D eigenvalue weighted by Crippen LogP contribution is -2.46. The highest BCUT2D eigenvalue weighted by Crippen LogP contribution is 2.32. The Morgan fingerprint density at radius 3 is 2.69 bits per heavy atom. The van der Waals surface area contributed by atoms with E-state index in [2.05, 4.69) is 15.6 Å². The van der Waals surface area contributed by atoms with E-state index < -0.39 is 5.54 Å². The number of carbonyl (C=O) groups is 3. The minimum Gasteiger partial charge on any atom is -0.488 e. The Morgan fingerprint density at radius 1 is 1.26 bits per heavy atom. The van der Waals surface area contributed by atoms with Crippen LogP contribution in [0.25, 0.3) is 0 Å². The highest BCUT2D eigenvalue weighted by molar-refractivity contribution is 6.30. The second-order valence-corrected chi connectivity index (χ2v) is 10.9. The summed E-state index contributed by atoms with van der Waals surface area (Å²) in [5.41, 5.74) is 0.895. The summed E-state index contributed by atoms with van der Waals surface area (Å²) in [7, 11) is 1.44. The molecule has 3 amide bonds. The van der Waals surface area contributed by atoms with Gasteiger partial charge in [-0.05, 0) is 31.5 Å². The normalized spacial score (nSPS) is 18.7. The Balaban J connectivity index is 1.60. The average molecular weight is 579 g/mol. The number of hydrogen-bond donors (Lipinski definition) is 2. The predicted molar refractivity (Wildman–Crippen MR) is 146 cm³/mol. The number of methoxy groups -OCH3 is 1. The van der Waals surface area contributed by atoms with Crippen molar-refractivity contribution in [3.63, 3.8) is 0 Å². The number of piperidine rings is 1. The van der Waals surface area contributed by atoms with Crippen molar-refractivity contribution in [2.45, 2.75) is 57.3 Å². The first kappa shape index (κ1) is 28.8. The Hall–Kier alpha value is -3.24. The van der Waals surface area contributed by atoms with Crippen LogP contribution in [0.3, 0.4) is 0 Å². The Morgan fingerprint density at radius 2 is 2.00 bits per heavy atom. The van der Waals surface area contributed by atoms with Gasteiger partial charge >= 0.3 is 6.09 Å². The number of benzene rings is 1. The number of carbonyl (C=O) groups excluding carboxylic acids is 3. The summed E-state index contributed by atoms with van der Waals surface area (Å²) in [5, 5.41) is 6.38. The van der Waals surface area contributed by atoms with Gasteiger partial charge in [-0.15, -0.1) is 11.6 Å². The van der Waals surface area contributed by atoms with Crippen LogP contribution in [0.1, 0.15) is 48.3 Å². The van der Waals surface area contributed by atoms with Gasteiger partial charge in [0.25, 0.3) is 5.91 Å². The quantitative estimate of drug-likeness (QED) is 0.412. The maximum Gasteiger partial charge on any atom is 0.410 e. The van der Waals surface area contributed by atoms with Crippen LogP contribution < -0.4 is 20.1 Å². The molecule has 4 rings (SSSR count). The van der Waals surface area contributed by atoms with Crippen molar-refractivity contribution in [1.82, 2.24) is 20.5 Å². The summed E-state index contributed by atoms with van der Waals surface area (Å²) in [4.78, 5) is 43.5. The van der Waals surface area contributed by atoms with Crippen molar-refractivity contribution in [3.8, 4) is 11.6 Å². The summed E-state index contributed by atoms with van der Waals surface area (Å²) < 4.78 is 17.1. The number of nitrogens with one attached hydrogen (secondary N) is 2. The van der Waals surface area contributed by atoms with Gasteiger partial charge in [-0.25, -0.2) is 9.78 Å². The molecular formula is C27H32Cl2N4O6. The molecular weight excluding hydrogens is 547 g/mol. The van der Waals surface area contributed by atoms with E-state index in [1.807, 2.05) is 26.0 Å². The standard InChI is InChI=1S/C27H32Cl2N4O6/c1-27(2,32-23(34)13-28)12-21-22(39-19-8-9-33-18(10-19)15-38-26(33)36)11-20(25(31-21)37-3)24(35)30-14-16-4-6-17(29)7-5-16/h4-7,11,18-19H,8-10,12-15H2,1-3H3,(H,30,35)(H,32,34)/t18-,19-/m0/s1. The zero-order valence-electron chi connectivity index (χ0n) is 22.1. The molecule has 1 aromatic heterocycles. The summed E-state index contributed by atoms with van der Waals surface area (Å²) >= 11 is 11.7. The molecule has 0 bridgehead atoms. The first-order valence-electron chi connectivity index (χ1n) is 12.7. The van der Waals surface area contributed by atoms with Gasteiger partial charge in [0, 0.05) is 49.0 Å². The molecule has 2 saturated heterocycles. The van der Waals surface area contributed by atoms with Crippen LogP contribution in [0.2, 0.25) is 5.02 Å². The number of hydrogen-bond acceptors (Lipinski definition) is 7. The van der Waals surface area contributed by atoms with E-state index in [9.17, 15) is 14.4 Å². The predicted octanol–water partition coefficient (Wildman–Crippen LogP) is 3.71. The number of amides is 3. The van der Waals surface area contributed by atoms with Crippen molar-refractivity contribution in [2.75, 3.05) is 26.1 Å². The number of rotatable bonds is 10. The number of aromatic nitrogens is 1. The second kappa shape index (κ2) is 12.3. The lowest BCUT2D eigenvalue weighted by atomic mass is 9.96. The van der Waals surface area contributed by atoms with Crippen LogP contribution >= 0.6 is 23.2 Å². The van der Waals surface area contributed by atoms with Crippen LogP contribution in [0.5, 0.6) is 11.6 Å². The molecule has 210 valence electrons. The van der Waals surface area contributed by atoms with E-state index in [0.717, 1.165) is 5.56 Å². The highest BCUT2D eigenvalue weighted by Gasteiger charge is 2.39. The molecule has 2 aliphatic heterocycles. The topological polar surface area (TPSA) is 119 Å². The molecule has 0 spiro atoms. The largest absolute Gasteiger partial charge is 0.488 e. The molecule has 10 nitrogen and oxygen atoms in total. The zero-order valence-corrected chi connectivity index (χ0v) is 23.6. The molecule has 1 aromatic carbocycles. The number of halogens is 2. The van der Waals surface area contributed by atoms with E-state index >= 15 is 0 Å². The number of alkyl halides is 1. The molecule has 2 aliphatic rings. The molecule has 3 heterocycles. The Bertz CT molecular complexity index is 1220. The Kier molecular flexibility index (Phi) is 9.07. The van der Waals surface area contributed by atoms with E-state index in [-0.39, 0.29) is 60.3 Å². The summed E-state index contributed by atoms with van der Waals surface area (Å²) in [5.74, 6) is -0.325. The number of ether oxygens (including phenoxy) is 3. The van der Waals surface area contributed by atoms with Gasteiger partial charge in [0.1, 0.15) is 29.9 Å². The van der Waals surface area contributed by atoms with Gasteiger partial charge in [0.2, 0.25) is 11.8 Å². The van der Waals surface area contributed by atoms with E-state index in [4.69, 9.17) is 37.4 Å². The second-order valence-electron chi connectivity index (χ2n) is 10.2. The van der Waals surface area contributed by atoms with Gasteiger partial charge in [0.05, 0.1) is 18.8 Å². The number of fused-ring (bicyclic) bond motifs is 1. The summed E-state index contributed by atoms with van der Waals surface area (Å²) in [6.45, 7) is 4.81. The molecule has 0 unspecified atom stereocenters. The van der Waals surface area contributed by atoms with Gasteiger partial charge in [-0.2, -0.15) is 0 Å². The maximum atomic E-state index is 13.2. The third-order valence-corrected chi connectivity index (χ3v) is 7.13. The van der Waals surface area contributed by atoms with E-state index in [1.54, 1.807) is 23.1 Å². The van der Waals surface area contributed by atoms with Crippen molar-refractivity contribution in [1.29, 1.82) is 0 Å². The Labute approximate surface area is 237 Å². The molecule has 2 atom stereocenters. The summed E-state index contributed by atoms with van der Waals surface area (Å²) in [6.07, 6.45) is 0.947. The molecule has 2 fully saturated rings. The molecule has 0 saturated carbocycles. The highest BCUT2D eigenvalue weighted by atomic mass is 35.5. The van der Waals surface area contributed by atoms with Crippen molar-refractivity contribution < 1.29 is 28.6 Å². The fraction of sp³-hybridized carbons (Fsp3) is 0.481. The first-order chi connectivity index (χ1) is 18.6. The van der Waals surface area contributed by atoms with Crippen molar-refractivity contribution in [3.05, 3.63) is 52.2 Å². The lowest BCUT2D eigenvalue weighted by Gasteiger charge is -2.33. The number of nitrogens with zero attached hydrogens (tertiary/aromatic N) is 2. The van der Waals surface area contributed by atoms with Gasteiger partial charge < -0.3 is 29.7 Å². The zero-order chi connectivity index (χ0) is 28.2. The molecule has 0 aliphatic carbocycles. The fourth-order valence-corrected chi connectivity index (χ4v) is 4.96. The number of cyclic esters (lactones) is 1. The fourth-order valence-electron chi connectivity index (χ4n) is 4.76. The van der Waals surface area contributed by atoms with Crippen molar-refractivity contribution >= 4 is 41.1 Å². The van der Waals surface area contributed by atoms with Gasteiger partial charge in [0.15, 0.2) is 0 Å². The van der Waals surface area contributed by atoms with Crippen LogP contribution in [-0.4, -0.2) is 71.6 Å². The minimum atomic E-state index is -0.713. The molecule has 2 aromatic rings. The molecule has 39 heavy (non-hydrogen) atoms. The molecule has 2 N–H and O–H groups in total. The third kappa shape index (κ3) is 7.24. The lowest BCUT2D eigenvalue weighted by molar-refractivity contribution is -0.120. The summed E-state index contributed by atoms with van der Waals surface area (Å²) in [6, 6.07) is 8.73. The maximum absolute atomic E-state index is 13.2. The number of pyridine rings is 1. The first-order valence-corrected chi connectivity index (χ1v) is 13.6. The third-order valence-electron chi connectivity index (χ3n) is 6.63. The molecule has 0 radical (unpaired) electrons. The van der Waals surface area contributed by atoms with E-state index in [0.29, 0.717) is 42.5 Å². The van der Waals surface area contributed by atoms with Gasteiger partial charge in [-0.1, -0.05) is 23.7 Å². The average Bonchev–Trinajstić information content (AvgIpc) is 3.28. The van der Waals surface area contributed by atoms with Crippen LogP contribution in [-0.2, 0) is 22.5 Å². The van der Waals surface area contributed by atoms with Crippen LogP contribution in [0.4, 0.5) is 4.79 Å². The van der Waals surface area contributed by atoms with E-state index in [1.165, 1.54) is 7.11 Å². The van der Waals surface area contributed by atoms with Crippen molar-refractivity contribution in [2.24, 2.45) is 0 Å². The smallest absolute Gasteiger partial charge is 0.410 e. The van der Waals surface area contributed by atoms with Crippen LogP contribution in [0, 0.1) is 0 Å². The minimum absolute atomic E-state index is 0.0625. The van der Waals surface area contributed by atoms with Gasteiger partial charge in [-0.3, -0.25) is 9.59 Å². The SMILES string of the molecule is COc1nc(CC(C)(C)NC(=O)CCl)c(O[C@H]2CCN3C(=O)OC[C@@H]3C2)cc1C(=O)NCc1ccc(Cl)cc1. The monoisotopic (exact) mass is 578 g/mol.